The van der Waals surface area contributed by atoms with Crippen molar-refractivity contribution < 1.29 is 48.0 Å². The topological polar surface area (TPSA) is 0 Å². The summed E-state index contributed by atoms with van der Waals surface area (Å²) in [6.45, 7) is 24.7. The molecule has 192 valence electrons. The zero-order chi connectivity index (χ0) is 24.7. The number of halogens is 2. The summed E-state index contributed by atoms with van der Waals surface area (Å²) in [4.78, 5) is 0. The molecular weight excluding hydrogens is 575 g/mol. The van der Waals surface area contributed by atoms with Crippen LogP contribution in [0.3, 0.4) is 0 Å². The van der Waals surface area contributed by atoms with Gasteiger partial charge >= 0.3 is 222 Å². The summed E-state index contributed by atoms with van der Waals surface area (Å²) in [6.07, 6.45) is 2.47. The van der Waals surface area contributed by atoms with Gasteiger partial charge in [0, 0.05) is 0 Å². The van der Waals surface area contributed by atoms with Crippen molar-refractivity contribution in [2.24, 2.45) is 0 Å². The van der Waals surface area contributed by atoms with Crippen LogP contribution in [0.15, 0.2) is 35.4 Å². The predicted molar refractivity (Wildman–Crippen MR) is 148 cm³/mol. The fourth-order valence-electron chi connectivity index (χ4n) is 7.48. The first-order valence-corrected chi connectivity index (χ1v) is 19.4. The Bertz CT molecular complexity index is 1170. The molecule has 0 N–H and O–H groups in total. The summed E-state index contributed by atoms with van der Waals surface area (Å²) in [5, 5.41) is 3.70. The van der Waals surface area contributed by atoms with Crippen molar-refractivity contribution >= 4 is 18.5 Å². The van der Waals surface area contributed by atoms with Gasteiger partial charge in [0.05, 0.1) is 0 Å². The molecule has 0 spiro atoms. The van der Waals surface area contributed by atoms with Gasteiger partial charge in [-0.15, -0.1) is 0 Å². The SMILES string of the molecule is CCC1=C2c3c(C(C)C)cc(C)cc3[CH]1[Zr+2][CH]1C(CC)=C(c3c(C(C)C)cc(C)cc31)[Si]2(C)C.[Cl-].[Cl-]. The summed E-state index contributed by atoms with van der Waals surface area (Å²) < 4.78 is 1.51. The molecule has 0 radical (unpaired) electrons. The Hall–Kier alpha value is -0.400. The second-order valence-corrected chi connectivity index (χ2v) is 20.0. The van der Waals surface area contributed by atoms with Crippen LogP contribution in [0.5, 0.6) is 0 Å². The van der Waals surface area contributed by atoms with Crippen molar-refractivity contribution in [3.05, 3.63) is 79.9 Å². The van der Waals surface area contributed by atoms with E-state index >= 15 is 0 Å². The van der Waals surface area contributed by atoms with Crippen LogP contribution in [-0.2, 0) is 23.2 Å². The van der Waals surface area contributed by atoms with Gasteiger partial charge in [-0.25, -0.2) is 0 Å². The number of benzene rings is 2. The van der Waals surface area contributed by atoms with Gasteiger partial charge < -0.3 is 24.8 Å². The van der Waals surface area contributed by atoms with E-state index in [0.29, 0.717) is 11.8 Å². The largest absolute Gasteiger partial charge is 1.00 e. The molecule has 36 heavy (non-hydrogen) atoms. The second-order valence-electron chi connectivity index (χ2n) is 12.1. The van der Waals surface area contributed by atoms with E-state index in [9.17, 15) is 0 Å². The van der Waals surface area contributed by atoms with Gasteiger partial charge in [0.2, 0.25) is 0 Å². The third-order valence-corrected chi connectivity index (χ3v) is 17.3. The van der Waals surface area contributed by atoms with Crippen LogP contribution in [0.4, 0.5) is 0 Å². The maximum Gasteiger partial charge on any atom is -1.00 e. The van der Waals surface area contributed by atoms with Gasteiger partial charge in [0.25, 0.3) is 0 Å². The Morgan fingerprint density at radius 3 is 1.36 bits per heavy atom. The Balaban J connectivity index is 0.00000180. The molecule has 3 aliphatic rings. The van der Waals surface area contributed by atoms with E-state index in [1.54, 1.807) is 33.4 Å². The van der Waals surface area contributed by atoms with E-state index in [1.807, 2.05) is 21.5 Å². The van der Waals surface area contributed by atoms with Crippen LogP contribution in [-0.4, -0.2) is 8.07 Å². The molecule has 0 amide bonds. The summed E-state index contributed by atoms with van der Waals surface area (Å²) in [5.41, 5.74) is 16.8. The molecular formula is C32H42Cl2SiZr. The molecule has 0 saturated heterocycles. The summed E-state index contributed by atoms with van der Waals surface area (Å²) in [6, 6.07) is 10.3. The molecule has 2 aromatic rings. The number of aryl methyl sites for hydroxylation is 2. The molecule has 2 aromatic carbocycles. The van der Waals surface area contributed by atoms with Gasteiger partial charge in [0.15, 0.2) is 0 Å². The van der Waals surface area contributed by atoms with Gasteiger partial charge in [-0.05, 0) is 0 Å². The van der Waals surface area contributed by atoms with Crippen molar-refractivity contribution in [1.82, 2.24) is 0 Å². The maximum atomic E-state index is 2.71. The molecule has 4 bridgehead atoms. The van der Waals surface area contributed by atoms with Gasteiger partial charge in [-0.1, -0.05) is 0 Å². The number of rotatable bonds is 4. The van der Waals surface area contributed by atoms with Crippen LogP contribution in [0.2, 0.25) is 13.1 Å². The molecule has 0 saturated carbocycles. The number of hydrogen-bond donors (Lipinski definition) is 0. The number of hydrogen-bond acceptors (Lipinski definition) is 0. The minimum absolute atomic E-state index is 0. The summed E-state index contributed by atoms with van der Waals surface area (Å²) in [7, 11) is -1.92. The molecule has 2 atom stereocenters. The quantitative estimate of drug-likeness (QED) is 0.461. The van der Waals surface area contributed by atoms with E-state index in [1.165, 1.54) is 24.0 Å². The zero-order valence-corrected chi connectivity index (χ0v) is 28.8. The van der Waals surface area contributed by atoms with Crippen LogP contribution in [0.25, 0.3) is 10.4 Å². The Labute approximate surface area is 245 Å². The third kappa shape index (κ3) is 4.26. The van der Waals surface area contributed by atoms with Gasteiger partial charge in [-0.2, -0.15) is 0 Å². The van der Waals surface area contributed by atoms with Crippen LogP contribution in [0, 0.1) is 13.8 Å². The predicted octanol–water partition coefficient (Wildman–Crippen LogP) is 3.58. The first-order valence-electron chi connectivity index (χ1n) is 13.5. The normalized spacial score (nSPS) is 20.8. The Kier molecular flexibility index (Phi) is 8.91. The van der Waals surface area contributed by atoms with Crippen LogP contribution >= 0.6 is 0 Å². The summed E-state index contributed by atoms with van der Waals surface area (Å²) in [5.74, 6) is 1.16. The first-order chi connectivity index (χ1) is 16.0. The van der Waals surface area contributed by atoms with Crippen LogP contribution < -0.4 is 24.8 Å². The molecule has 1 aliphatic heterocycles. The number of fused-ring (bicyclic) bond motifs is 8. The summed E-state index contributed by atoms with van der Waals surface area (Å²) >= 11 is -0.803. The van der Waals surface area contributed by atoms with Crippen molar-refractivity contribution in [1.29, 1.82) is 0 Å². The Morgan fingerprint density at radius 2 is 1.06 bits per heavy atom. The van der Waals surface area contributed by atoms with Gasteiger partial charge in [0.1, 0.15) is 0 Å². The molecule has 1 heterocycles. The van der Waals surface area contributed by atoms with Gasteiger partial charge in [-0.3, -0.25) is 0 Å². The van der Waals surface area contributed by atoms with Crippen molar-refractivity contribution in [3.63, 3.8) is 0 Å². The van der Waals surface area contributed by atoms with E-state index < -0.39 is 31.3 Å². The molecule has 0 fully saturated rings. The van der Waals surface area contributed by atoms with Crippen molar-refractivity contribution in [3.8, 4) is 0 Å². The zero-order valence-electron chi connectivity index (χ0n) is 23.8. The fraction of sp³-hybridized carbons (Fsp3) is 0.500. The molecule has 2 aliphatic carbocycles. The van der Waals surface area contributed by atoms with E-state index in [0.717, 1.165) is 7.25 Å². The molecule has 0 nitrogen and oxygen atoms in total. The monoisotopic (exact) mass is 614 g/mol. The molecule has 5 rings (SSSR count). The second kappa shape index (κ2) is 10.6. The van der Waals surface area contributed by atoms with E-state index in [-0.39, 0.29) is 24.8 Å². The molecule has 0 aromatic heterocycles. The third-order valence-electron chi connectivity index (χ3n) is 8.74. The first kappa shape index (κ1) is 30.1. The van der Waals surface area contributed by atoms with E-state index in [4.69, 9.17) is 0 Å². The average molecular weight is 617 g/mol. The smallest absolute Gasteiger partial charge is 1.00 e. The van der Waals surface area contributed by atoms with E-state index in [2.05, 4.69) is 92.7 Å². The fourth-order valence-corrected chi connectivity index (χ4v) is 18.0. The average Bonchev–Trinajstić information content (AvgIpc) is 3.26. The molecule has 4 heteroatoms. The minimum Gasteiger partial charge on any atom is -1.00 e. The maximum absolute atomic E-state index is 2.71. The Morgan fingerprint density at radius 1 is 0.694 bits per heavy atom. The minimum atomic E-state index is -1.92. The molecule has 2 unspecified atom stereocenters. The standard InChI is InChI=1S/C32H42Si.2ClH.Zr/c1-11-23-17-25-13-21(7)15-27(19(3)4)29(25)31(23)33(9,10)32-24(12-2)18-26-14-22(8)16-28(20(5)6)30(26)32;;;/h13-20H,11-12H2,1-10H3;2*1H;/q;;;+2/p-2. The van der Waals surface area contributed by atoms with Crippen LogP contribution in [0.1, 0.15) is 118 Å². The van der Waals surface area contributed by atoms with Crippen molar-refractivity contribution in [2.45, 2.75) is 100 Å². The number of allylic oxidation sites excluding steroid dienone is 2. The van der Waals surface area contributed by atoms with Crippen molar-refractivity contribution in [2.75, 3.05) is 0 Å².